The number of ether oxygens (including phenoxy) is 2. The van der Waals surface area contributed by atoms with Crippen LogP contribution >= 0.6 is 11.3 Å². The summed E-state index contributed by atoms with van der Waals surface area (Å²) in [6.45, 7) is 0.595. The molecule has 0 radical (unpaired) electrons. The van der Waals surface area contributed by atoms with Crippen LogP contribution in [-0.2, 0) is 13.1 Å². The predicted octanol–water partition coefficient (Wildman–Crippen LogP) is 7.25. The van der Waals surface area contributed by atoms with Crippen LogP contribution in [0.15, 0.2) is 72.8 Å². The molecule has 0 bridgehead atoms. The van der Waals surface area contributed by atoms with Gasteiger partial charge in [-0.1, -0.05) is 42.5 Å². The van der Waals surface area contributed by atoms with Gasteiger partial charge in [0, 0.05) is 29.1 Å². The molecule has 0 atom stereocenters. The monoisotopic (exact) mass is 565 g/mol. The Bertz CT molecular complexity index is 1600. The number of benzene rings is 3. The van der Waals surface area contributed by atoms with Crippen molar-refractivity contribution in [1.29, 1.82) is 5.26 Å². The highest BCUT2D eigenvalue weighted by atomic mass is 32.1. The minimum atomic E-state index is -0.228. The third-order valence-corrected chi connectivity index (χ3v) is 8.56. The number of aldehydes is 1. The van der Waals surface area contributed by atoms with E-state index in [9.17, 15) is 14.9 Å². The summed E-state index contributed by atoms with van der Waals surface area (Å²) >= 11 is 1.52. The Morgan fingerprint density at radius 1 is 1.02 bits per heavy atom. The molecule has 41 heavy (non-hydrogen) atoms. The van der Waals surface area contributed by atoms with Crippen LogP contribution in [-0.4, -0.2) is 38.5 Å². The summed E-state index contributed by atoms with van der Waals surface area (Å²) in [6, 6.07) is 24.8. The lowest BCUT2D eigenvalue weighted by Gasteiger charge is -2.28. The van der Waals surface area contributed by atoms with Crippen molar-refractivity contribution in [3.05, 3.63) is 99.9 Å². The van der Waals surface area contributed by atoms with Gasteiger partial charge in [0.15, 0.2) is 6.29 Å². The standard InChI is InChI=1S/C33H31N3O4S/c1-35(20-26-14-15-28(39-2)17-30(26)40-3)33(38)36(32-27(21-37)16-31(41-32)24-12-13-24)19-22-8-10-23(11-9-22)29-7-5-4-6-25(29)18-34/h4-11,14-17,21,24H,12-13,19-20H2,1-3H3. The van der Waals surface area contributed by atoms with Crippen LogP contribution in [0.1, 0.15) is 50.7 Å². The van der Waals surface area contributed by atoms with Crippen LogP contribution in [0.2, 0.25) is 0 Å². The maximum atomic E-state index is 14.1. The number of anilines is 1. The zero-order valence-corrected chi connectivity index (χ0v) is 24.1. The fourth-order valence-corrected chi connectivity index (χ4v) is 6.11. The van der Waals surface area contributed by atoms with E-state index < -0.39 is 0 Å². The Labute approximate surface area is 244 Å². The molecule has 0 saturated heterocycles. The van der Waals surface area contributed by atoms with E-state index in [0.717, 1.165) is 46.3 Å². The molecule has 1 saturated carbocycles. The third kappa shape index (κ3) is 6.11. The summed E-state index contributed by atoms with van der Waals surface area (Å²) in [5.74, 6) is 1.76. The third-order valence-electron chi connectivity index (χ3n) is 7.22. The van der Waals surface area contributed by atoms with E-state index in [1.165, 1.54) is 11.3 Å². The fraction of sp³-hybridized carbons (Fsp3) is 0.242. The van der Waals surface area contributed by atoms with Gasteiger partial charge in [-0.15, -0.1) is 11.3 Å². The number of thiophene rings is 1. The Balaban J connectivity index is 1.45. The van der Waals surface area contributed by atoms with Gasteiger partial charge in [-0.2, -0.15) is 5.26 Å². The number of hydrogen-bond acceptors (Lipinski definition) is 6. The SMILES string of the molecule is COc1ccc(CN(C)C(=O)N(Cc2ccc(-c3ccccc3C#N)cc2)c2sc(C3CC3)cc2C=O)c(OC)c1. The van der Waals surface area contributed by atoms with E-state index in [-0.39, 0.29) is 12.6 Å². The van der Waals surface area contributed by atoms with Gasteiger partial charge in [-0.25, -0.2) is 4.79 Å². The molecule has 7 nitrogen and oxygen atoms in total. The molecule has 4 aromatic rings. The molecule has 8 heteroatoms. The molecular formula is C33H31N3O4S. The number of nitriles is 1. The van der Waals surface area contributed by atoms with Gasteiger partial charge in [-0.05, 0) is 59.7 Å². The molecule has 0 aliphatic heterocycles. The zero-order valence-electron chi connectivity index (χ0n) is 23.3. The second-order valence-corrected chi connectivity index (χ2v) is 11.1. The lowest BCUT2D eigenvalue weighted by molar-refractivity contribution is 0.112. The van der Waals surface area contributed by atoms with Crippen molar-refractivity contribution in [2.24, 2.45) is 0 Å². The topological polar surface area (TPSA) is 82.9 Å². The van der Waals surface area contributed by atoms with Gasteiger partial charge in [0.25, 0.3) is 0 Å². The first-order valence-corrected chi connectivity index (χ1v) is 14.2. The number of hydrogen-bond donors (Lipinski definition) is 0. The average molecular weight is 566 g/mol. The molecule has 1 aliphatic carbocycles. The first kappa shape index (κ1) is 27.9. The number of carbonyl (C=O) groups is 2. The summed E-state index contributed by atoms with van der Waals surface area (Å²) in [5.41, 5.74) is 4.66. The van der Waals surface area contributed by atoms with E-state index in [2.05, 4.69) is 6.07 Å². The number of rotatable bonds is 10. The molecule has 1 aromatic heterocycles. The number of nitrogens with zero attached hydrogens (tertiary/aromatic N) is 3. The second-order valence-electron chi connectivity index (χ2n) is 10.1. The van der Waals surface area contributed by atoms with E-state index in [0.29, 0.717) is 40.1 Å². The van der Waals surface area contributed by atoms with E-state index in [4.69, 9.17) is 9.47 Å². The van der Waals surface area contributed by atoms with Crippen molar-refractivity contribution < 1.29 is 19.1 Å². The molecule has 2 amide bonds. The van der Waals surface area contributed by atoms with Crippen molar-refractivity contribution in [3.8, 4) is 28.7 Å². The lowest BCUT2D eigenvalue weighted by atomic mass is 9.99. The summed E-state index contributed by atoms with van der Waals surface area (Å²) in [6.07, 6.45) is 3.05. The number of urea groups is 1. The normalized spacial score (nSPS) is 12.3. The van der Waals surface area contributed by atoms with Gasteiger partial charge < -0.3 is 14.4 Å². The first-order valence-electron chi connectivity index (χ1n) is 13.4. The largest absolute Gasteiger partial charge is 0.497 e. The van der Waals surface area contributed by atoms with Crippen LogP contribution in [0.3, 0.4) is 0 Å². The minimum absolute atomic E-state index is 0.228. The number of carbonyl (C=O) groups excluding carboxylic acids is 2. The van der Waals surface area contributed by atoms with Crippen LogP contribution in [0.25, 0.3) is 11.1 Å². The Hall–Kier alpha value is -4.61. The highest BCUT2D eigenvalue weighted by molar-refractivity contribution is 7.16. The predicted molar refractivity (Wildman–Crippen MR) is 161 cm³/mol. The summed E-state index contributed by atoms with van der Waals surface area (Å²) in [4.78, 5) is 30.6. The second kappa shape index (κ2) is 12.3. The Kier molecular flexibility index (Phi) is 8.37. The zero-order chi connectivity index (χ0) is 28.9. The van der Waals surface area contributed by atoms with Crippen LogP contribution in [0.5, 0.6) is 11.5 Å². The van der Waals surface area contributed by atoms with Crippen LogP contribution < -0.4 is 14.4 Å². The fourth-order valence-electron chi connectivity index (χ4n) is 4.82. The number of methoxy groups -OCH3 is 2. The average Bonchev–Trinajstić information content (AvgIpc) is 3.78. The molecule has 0 N–H and O–H groups in total. The molecule has 1 heterocycles. The quantitative estimate of drug-likeness (QED) is 0.189. The molecule has 0 spiro atoms. The molecule has 208 valence electrons. The van der Waals surface area contributed by atoms with Crippen molar-refractivity contribution in [2.75, 3.05) is 26.2 Å². The van der Waals surface area contributed by atoms with E-state index in [1.54, 1.807) is 43.2 Å². The molecule has 1 aliphatic rings. The van der Waals surface area contributed by atoms with Crippen molar-refractivity contribution >= 4 is 28.7 Å². The van der Waals surface area contributed by atoms with Crippen molar-refractivity contribution in [3.63, 3.8) is 0 Å². The molecule has 1 fully saturated rings. The Morgan fingerprint density at radius 3 is 2.44 bits per heavy atom. The molecule has 3 aromatic carbocycles. The minimum Gasteiger partial charge on any atom is -0.497 e. The van der Waals surface area contributed by atoms with Gasteiger partial charge >= 0.3 is 6.03 Å². The smallest absolute Gasteiger partial charge is 0.325 e. The summed E-state index contributed by atoms with van der Waals surface area (Å²) in [5, 5.41) is 10.2. The van der Waals surface area contributed by atoms with Crippen LogP contribution in [0.4, 0.5) is 9.80 Å². The maximum Gasteiger partial charge on any atom is 0.325 e. The van der Waals surface area contributed by atoms with Crippen molar-refractivity contribution in [1.82, 2.24) is 4.90 Å². The van der Waals surface area contributed by atoms with Gasteiger partial charge in [0.1, 0.15) is 16.5 Å². The first-order chi connectivity index (χ1) is 19.9. The van der Waals surface area contributed by atoms with Gasteiger partial charge in [0.2, 0.25) is 0 Å². The van der Waals surface area contributed by atoms with E-state index in [1.807, 2.05) is 60.7 Å². The Morgan fingerprint density at radius 2 is 1.78 bits per heavy atom. The van der Waals surface area contributed by atoms with E-state index >= 15 is 0 Å². The van der Waals surface area contributed by atoms with Gasteiger partial charge in [-0.3, -0.25) is 9.69 Å². The van der Waals surface area contributed by atoms with Gasteiger partial charge in [0.05, 0.1) is 38.9 Å². The molecular weight excluding hydrogens is 534 g/mol. The highest BCUT2D eigenvalue weighted by Crippen LogP contribution is 2.47. The molecule has 0 unspecified atom stereocenters. The van der Waals surface area contributed by atoms with Crippen molar-refractivity contribution in [2.45, 2.75) is 31.8 Å². The molecule has 5 rings (SSSR count). The summed E-state index contributed by atoms with van der Waals surface area (Å²) in [7, 11) is 4.93. The highest BCUT2D eigenvalue weighted by Gasteiger charge is 2.30. The summed E-state index contributed by atoms with van der Waals surface area (Å²) < 4.78 is 10.9. The lowest BCUT2D eigenvalue weighted by Crippen LogP contribution is -2.40. The maximum absolute atomic E-state index is 14.1. The number of amides is 2. The van der Waals surface area contributed by atoms with Crippen LogP contribution in [0, 0.1) is 11.3 Å².